The van der Waals surface area contributed by atoms with Gasteiger partial charge in [-0.1, -0.05) is 0 Å². The first-order chi connectivity index (χ1) is 6.97. The highest BCUT2D eigenvalue weighted by Crippen LogP contribution is 2.32. The fourth-order valence-corrected chi connectivity index (χ4v) is 1.07. The van der Waals surface area contributed by atoms with Crippen LogP contribution in [0.3, 0.4) is 0 Å². The molecule has 0 aromatic carbocycles. The number of aliphatic hydroxyl groups excluding tert-OH is 1. The number of nitrogens with two attached hydrogens (primary N) is 1. The van der Waals surface area contributed by atoms with Crippen LogP contribution in [0.2, 0.25) is 0 Å². The third kappa shape index (κ3) is 2.15. The third-order valence-corrected chi connectivity index (χ3v) is 1.65. The van der Waals surface area contributed by atoms with Crippen molar-refractivity contribution in [2.75, 3.05) is 5.73 Å². The molecule has 0 spiro atoms. The first-order valence-electron chi connectivity index (χ1n) is 3.80. The number of aromatic nitrogens is 1. The zero-order valence-corrected chi connectivity index (χ0v) is 7.35. The number of hydrogen-bond acceptors (Lipinski definition) is 5. The quantitative estimate of drug-likeness (QED) is 0.583. The smallest absolute Gasteiger partial charge is 0.319 e. The number of nitrogens with zero attached hydrogens (tertiary/aromatic N) is 2. The molecule has 0 fully saturated rings. The Bertz CT molecular complexity index is 397. The van der Waals surface area contributed by atoms with Crippen molar-refractivity contribution < 1.29 is 18.8 Å². The molecule has 8 heteroatoms. The van der Waals surface area contributed by atoms with Gasteiger partial charge in [0.1, 0.15) is 5.69 Å². The molecule has 1 heterocycles. The molecule has 0 saturated heterocycles. The first-order valence-corrected chi connectivity index (χ1v) is 3.80. The average molecular weight is 219 g/mol. The number of nitro groups is 1. The largest absolute Gasteiger partial charge is 0.393 e. The standard InChI is InChI=1S/C7H7F2N3O3/c8-7(9)5-6(12(14)15)4(10)1-3(2-13)11-5/h1,7,13H,2H2,(H2,10,11). The molecular formula is C7H7F2N3O3. The van der Waals surface area contributed by atoms with Crippen LogP contribution in [0.1, 0.15) is 17.8 Å². The fourth-order valence-electron chi connectivity index (χ4n) is 1.07. The van der Waals surface area contributed by atoms with Crippen LogP contribution in [0.4, 0.5) is 20.2 Å². The Balaban J connectivity index is 3.42. The Labute approximate surface area is 82.5 Å². The van der Waals surface area contributed by atoms with E-state index in [2.05, 4.69) is 4.98 Å². The summed E-state index contributed by atoms with van der Waals surface area (Å²) in [6.45, 7) is -0.609. The van der Waals surface area contributed by atoms with Gasteiger partial charge in [0.15, 0.2) is 5.69 Å². The van der Waals surface area contributed by atoms with Gasteiger partial charge in [0.05, 0.1) is 17.2 Å². The van der Waals surface area contributed by atoms with Crippen molar-refractivity contribution in [2.45, 2.75) is 13.0 Å². The Morgan fingerprint density at radius 3 is 2.67 bits per heavy atom. The number of nitrogen functional groups attached to an aromatic ring is 1. The zero-order valence-electron chi connectivity index (χ0n) is 7.35. The minimum atomic E-state index is -3.11. The van der Waals surface area contributed by atoms with Crippen LogP contribution in [-0.2, 0) is 6.61 Å². The zero-order chi connectivity index (χ0) is 11.6. The Morgan fingerprint density at radius 1 is 1.67 bits per heavy atom. The summed E-state index contributed by atoms with van der Waals surface area (Å²) in [5.74, 6) is 0. The molecule has 0 unspecified atom stereocenters. The molecule has 0 aliphatic carbocycles. The Morgan fingerprint density at radius 2 is 2.27 bits per heavy atom. The lowest BCUT2D eigenvalue weighted by molar-refractivity contribution is -0.385. The van der Waals surface area contributed by atoms with Gasteiger partial charge < -0.3 is 10.8 Å². The number of rotatable bonds is 3. The normalized spacial score (nSPS) is 10.7. The number of anilines is 1. The number of pyridine rings is 1. The van der Waals surface area contributed by atoms with E-state index in [1.807, 2.05) is 0 Å². The van der Waals surface area contributed by atoms with Crippen LogP contribution < -0.4 is 5.73 Å². The van der Waals surface area contributed by atoms with Gasteiger partial charge in [0.2, 0.25) is 0 Å². The molecular weight excluding hydrogens is 212 g/mol. The van der Waals surface area contributed by atoms with Crippen LogP contribution in [-0.4, -0.2) is 15.0 Å². The second kappa shape index (κ2) is 4.13. The van der Waals surface area contributed by atoms with E-state index in [1.54, 1.807) is 0 Å². The third-order valence-electron chi connectivity index (χ3n) is 1.65. The van der Waals surface area contributed by atoms with Gasteiger partial charge >= 0.3 is 5.69 Å². The minimum Gasteiger partial charge on any atom is -0.393 e. The van der Waals surface area contributed by atoms with Gasteiger partial charge in [-0.3, -0.25) is 10.1 Å². The van der Waals surface area contributed by atoms with Gasteiger partial charge in [-0.25, -0.2) is 13.8 Å². The summed E-state index contributed by atoms with van der Waals surface area (Å²) in [4.78, 5) is 12.7. The van der Waals surface area contributed by atoms with E-state index in [0.717, 1.165) is 6.07 Å². The van der Waals surface area contributed by atoms with Crippen molar-refractivity contribution in [2.24, 2.45) is 0 Å². The number of halogens is 2. The predicted molar refractivity (Wildman–Crippen MR) is 46.2 cm³/mol. The van der Waals surface area contributed by atoms with Crippen molar-refractivity contribution in [3.63, 3.8) is 0 Å². The van der Waals surface area contributed by atoms with E-state index in [1.165, 1.54) is 0 Å². The maximum atomic E-state index is 12.4. The van der Waals surface area contributed by atoms with Crippen molar-refractivity contribution in [1.29, 1.82) is 0 Å². The molecule has 0 atom stereocenters. The van der Waals surface area contributed by atoms with E-state index in [4.69, 9.17) is 10.8 Å². The van der Waals surface area contributed by atoms with Crippen LogP contribution in [0, 0.1) is 10.1 Å². The molecule has 3 N–H and O–H groups in total. The number of hydrogen-bond donors (Lipinski definition) is 2. The maximum absolute atomic E-state index is 12.4. The summed E-state index contributed by atoms with van der Waals surface area (Å²) in [5, 5.41) is 19.1. The van der Waals surface area contributed by atoms with Crippen molar-refractivity contribution in [1.82, 2.24) is 4.98 Å². The molecule has 0 amide bonds. The van der Waals surface area contributed by atoms with Gasteiger partial charge in [0, 0.05) is 0 Å². The lowest BCUT2D eigenvalue weighted by Gasteiger charge is -2.05. The molecule has 1 rings (SSSR count). The van der Waals surface area contributed by atoms with E-state index in [0.29, 0.717) is 0 Å². The summed E-state index contributed by atoms with van der Waals surface area (Å²) < 4.78 is 24.8. The molecule has 0 saturated carbocycles. The summed E-state index contributed by atoms with van der Waals surface area (Å²) in [6.07, 6.45) is -3.11. The van der Waals surface area contributed by atoms with Crippen molar-refractivity contribution in [3.8, 4) is 0 Å². The van der Waals surface area contributed by atoms with Gasteiger partial charge in [-0.05, 0) is 6.07 Å². The summed E-state index contributed by atoms with van der Waals surface area (Å²) in [5.41, 5.74) is 2.70. The van der Waals surface area contributed by atoms with Crippen LogP contribution in [0.5, 0.6) is 0 Å². The van der Waals surface area contributed by atoms with Crippen molar-refractivity contribution in [3.05, 3.63) is 27.6 Å². The molecule has 0 aliphatic heterocycles. The monoisotopic (exact) mass is 219 g/mol. The second-order valence-corrected chi connectivity index (χ2v) is 2.65. The highest BCUT2D eigenvalue weighted by atomic mass is 19.3. The topological polar surface area (TPSA) is 102 Å². The van der Waals surface area contributed by atoms with E-state index >= 15 is 0 Å². The van der Waals surface area contributed by atoms with E-state index < -0.39 is 35.0 Å². The van der Waals surface area contributed by atoms with Crippen LogP contribution in [0.25, 0.3) is 0 Å². The van der Waals surface area contributed by atoms with E-state index in [-0.39, 0.29) is 5.69 Å². The summed E-state index contributed by atoms with van der Waals surface area (Å²) >= 11 is 0. The fraction of sp³-hybridized carbons (Fsp3) is 0.286. The molecule has 0 aliphatic rings. The molecule has 1 aromatic rings. The van der Waals surface area contributed by atoms with Crippen molar-refractivity contribution >= 4 is 11.4 Å². The second-order valence-electron chi connectivity index (χ2n) is 2.65. The maximum Gasteiger partial charge on any atom is 0.319 e. The summed E-state index contributed by atoms with van der Waals surface area (Å²) in [6, 6.07) is 0.990. The molecule has 1 aromatic heterocycles. The van der Waals surface area contributed by atoms with Crippen LogP contribution >= 0.6 is 0 Å². The molecule has 82 valence electrons. The highest BCUT2D eigenvalue weighted by Gasteiger charge is 2.27. The first kappa shape index (κ1) is 11.2. The molecule has 0 radical (unpaired) electrons. The number of alkyl halides is 2. The highest BCUT2D eigenvalue weighted by molar-refractivity contribution is 5.61. The van der Waals surface area contributed by atoms with Gasteiger partial charge in [-0.15, -0.1) is 0 Å². The molecule has 0 bridgehead atoms. The Kier molecular flexibility index (Phi) is 3.10. The summed E-state index contributed by atoms with van der Waals surface area (Å²) in [7, 11) is 0. The average Bonchev–Trinajstić information content (AvgIpc) is 2.15. The SMILES string of the molecule is Nc1cc(CO)nc(C(F)F)c1[N+](=O)[O-]. The molecule has 6 nitrogen and oxygen atoms in total. The number of aliphatic hydroxyl groups is 1. The van der Waals surface area contributed by atoms with Gasteiger partial charge in [-0.2, -0.15) is 0 Å². The van der Waals surface area contributed by atoms with Gasteiger partial charge in [0.25, 0.3) is 6.43 Å². The molecule has 15 heavy (non-hydrogen) atoms. The lowest BCUT2D eigenvalue weighted by Crippen LogP contribution is -2.06. The van der Waals surface area contributed by atoms with Crippen LogP contribution in [0.15, 0.2) is 6.07 Å². The minimum absolute atomic E-state index is 0.131. The Hall–Kier alpha value is -1.83. The van der Waals surface area contributed by atoms with E-state index in [9.17, 15) is 18.9 Å². The predicted octanol–water partition coefficient (Wildman–Crippen LogP) is 1.00. The lowest BCUT2D eigenvalue weighted by atomic mass is 10.2.